The number of quaternary nitrogens is 1. The Balaban J connectivity index is 3.96. The standard InChI is InChI=1S/C83H163N2O6P/c1-6-8-10-12-14-16-18-20-22-24-26-28-30-32-34-36-38-40-41-42-43-44-45-47-49-51-53-55-57-59-61-63-65-67-69-71-73-75-77-83(87)84-81(80-91-92(88,89)90-79-78-85(3,4)5)82(86)76-74-72-70-68-66-64-62-60-58-56-54-52-50-48-46-39-37-35-33-31-29-27-25-23-21-19-17-15-13-11-9-7-2/h58,60,66,68,74,76,81-82,86H,6-57,59,61-65,67,69-73,75,77-80H2,1-5H3,(H-,84,87,88,89)/b60-58+,68-66+,76-74+. The van der Waals surface area contributed by atoms with E-state index < -0.39 is 26.6 Å². The lowest BCUT2D eigenvalue weighted by Crippen LogP contribution is -2.45. The summed E-state index contributed by atoms with van der Waals surface area (Å²) in [7, 11) is 1.26. The van der Waals surface area contributed by atoms with E-state index in [1.165, 1.54) is 372 Å². The molecule has 0 aromatic heterocycles. The predicted octanol–water partition coefficient (Wildman–Crippen LogP) is 26.5. The molecule has 0 aliphatic carbocycles. The Labute approximate surface area is 576 Å². The molecule has 3 atom stereocenters. The number of nitrogens with zero attached hydrogens (tertiary/aromatic N) is 1. The first kappa shape index (κ1) is 90.7. The van der Waals surface area contributed by atoms with E-state index in [9.17, 15) is 19.4 Å². The molecule has 0 rings (SSSR count). The van der Waals surface area contributed by atoms with Crippen molar-refractivity contribution in [2.45, 2.75) is 450 Å². The van der Waals surface area contributed by atoms with Crippen LogP contribution in [0.1, 0.15) is 438 Å². The molecule has 0 saturated heterocycles. The number of aliphatic hydroxyl groups excluding tert-OH is 1. The molecule has 0 aliphatic rings. The van der Waals surface area contributed by atoms with Gasteiger partial charge in [-0.25, -0.2) is 0 Å². The van der Waals surface area contributed by atoms with Gasteiger partial charge in [-0.2, -0.15) is 0 Å². The number of nitrogens with one attached hydrogen (secondary N) is 1. The van der Waals surface area contributed by atoms with Crippen LogP contribution in [0.25, 0.3) is 0 Å². The van der Waals surface area contributed by atoms with Gasteiger partial charge in [-0.3, -0.25) is 9.36 Å². The number of phosphoric ester groups is 1. The third-order valence-electron chi connectivity index (χ3n) is 19.3. The Kier molecular flexibility index (Phi) is 72.9. The Morgan fingerprint density at radius 3 is 0.880 bits per heavy atom. The van der Waals surface area contributed by atoms with Crippen molar-refractivity contribution in [3.8, 4) is 0 Å². The molecule has 0 heterocycles. The van der Waals surface area contributed by atoms with E-state index in [0.717, 1.165) is 44.9 Å². The highest BCUT2D eigenvalue weighted by Crippen LogP contribution is 2.38. The fraction of sp³-hybridized carbons (Fsp3) is 0.916. The summed E-state index contributed by atoms with van der Waals surface area (Å²) in [6.45, 7) is 4.70. The number of aliphatic hydroxyl groups is 1. The summed E-state index contributed by atoms with van der Waals surface area (Å²) in [4.78, 5) is 25.7. The van der Waals surface area contributed by atoms with Gasteiger partial charge in [0.15, 0.2) is 0 Å². The Hall–Kier alpha value is -1.28. The van der Waals surface area contributed by atoms with E-state index in [1.807, 2.05) is 27.2 Å². The number of unbranched alkanes of at least 4 members (excludes halogenated alkanes) is 61. The van der Waals surface area contributed by atoms with Crippen LogP contribution in [0.2, 0.25) is 0 Å². The molecular weight excluding hydrogens is 1150 g/mol. The van der Waals surface area contributed by atoms with Crippen molar-refractivity contribution < 1.29 is 32.9 Å². The van der Waals surface area contributed by atoms with Gasteiger partial charge in [0.1, 0.15) is 13.2 Å². The zero-order valence-electron chi connectivity index (χ0n) is 62.8. The fourth-order valence-electron chi connectivity index (χ4n) is 13.0. The zero-order chi connectivity index (χ0) is 66.9. The summed E-state index contributed by atoms with van der Waals surface area (Å²) < 4.78 is 23.5. The lowest BCUT2D eigenvalue weighted by Gasteiger charge is -2.29. The average Bonchev–Trinajstić information content (AvgIpc) is 2.74. The molecule has 0 aliphatic heterocycles. The molecule has 0 spiro atoms. The number of rotatable bonds is 78. The summed E-state index contributed by atoms with van der Waals surface area (Å²) in [6.07, 6.45) is 101. The van der Waals surface area contributed by atoms with Crippen LogP contribution >= 0.6 is 7.82 Å². The van der Waals surface area contributed by atoms with Crippen LogP contribution in [-0.4, -0.2) is 68.5 Å². The van der Waals surface area contributed by atoms with Gasteiger partial charge in [0.05, 0.1) is 39.9 Å². The molecule has 0 aromatic rings. The maximum atomic E-state index is 13.1. The SMILES string of the molecule is CCCCCCCCCCCCCCCCCCCCCCCC/C=C/CC/C=C/CC/C=C/C(O)C(COP(=O)([O-])OCC[N+](C)(C)C)NC(=O)CCCCCCCCCCCCCCCCCCCCCCCCCCCCCCCCCCCCCCCC. The third-order valence-corrected chi connectivity index (χ3v) is 20.3. The normalized spacial score (nSPS) is 13.6. The second-order valence-electron chi connectivity index (χ2n) is 29.8. The number of amides is 1. The first-order valence-corrected chi connectivity index (χ1v) is 42.8. The van der Waals surface area contributed by atoms with Gasteiger partial charge in [0.25, 0.3) is 7.82 Å². The smallest absolute Gasteiger partial charge is 0.268 e. The highest BCUT2D eigenvalue weighted by atomic mass is 31.2. The van der Waals surface area contributed by atoms with E-state index in [-0.39, 0.29) is 12.5 Å². The minimum absolute atomic E-state index is 0.00690. The van der Waals surface area contributed by atoms with Crippen molar-refractivity contribution in [1.82, 2.24) is 5.32 Å². The molecule has 1 amide bonds. The van der Waals surface area contributed by atoms with Crippen LogP contribution in [0, 0.1) is 0 Å². The van der Waals surface area contributed by atoms with Crippen LogP contribution in [0.4, 0.5) is 0 Å². The third kappa shape index (κ3) is 76.1. The minimum atomic E-state index is -4.62. The van der Waals surface area contributed by atoms with E-state index in [4.69, 9.17) is 9.05 Å². The summed E-state index contributed by atoms with van der Waals surface area (Å²) in [5.74, 6) is -0.202. The molecule has 0 radical (unpaired) electrons. The van der Waals surface area contributed by atoms with Gasteiger partial charge in [0.2, 0.25) is 5.91 Å². The van der Waals surface area contributed by atoms with Crippen molar-refractivity contribution in [2.75, 3.05) is 40.9 Å². The van der Waals surface area contributed by atoms with Crippen molar-refractivity contribution in [1.29, 1.82) is 0 Å². The maximum absolute atomic E-state index is 13.1. The first-order valence-electron chi connectivity index (χ1n) is 41.4. The van der Waals surface area contributed by atoms with Gasteiger partial charge in [-0.05, 0) is 44.9 Å². The molecule has 0 fully saturated rings. The number of phosphoric acid groups is 1. The van der Waals surface area contributed by atoms with Crippen LogP contribution in [0.15, 0.2) is 36.5 Å². The van der Waals surface area contributed by atoms with Gasteiger partial charge in [-0.1, -0.05) is 423 Å². The fourth-order valence-corrected chi connectivity index (χ4v) is 13.7. The van der Waals surface area contributed by atoms with Gasteiger partial charge >= 0.3 is 0 Å². The van der Waals surface area contributed by atoms with E-state index in [2.05, 4.69) is 43.5 Å². The van der Waals surface area contributed by atoms with Crippen LogP contribution < -0.4 is 10.2 Å². The minimum Gasteiger partial charge on any atom is -0.756 e. The summed E-state index contributed by atoms with van der Waals surface area (Å²) in [5, 5.41) is 14.0. The van der Waals surface area contributed by atoms with Gasteiger partial charge in [-0.15, -0.1) is 0 Å². The van der Waals surface area contributed by atoms with Crippen molar-refractivity contribution in [2.24, 2.45) is 0 Å². The largest absolute Gasteiger partial charge is 0.756 e. The number of carbonyl (C=O) groups excluding carboxylic acids is 1. The van der Waals surface area contributed by atoms with Crippen LogP contribution in [0.3, 0.4) is 0 Å². The Morgan fingerprint density at radius 1 is 0.370 bits per heavy atom. The number of likely N-dealkylation sites (N-methyl/N-ethyl adjacent to an activating group) is 1. The van der Waals surface area contributed by atoms with Crippen LogP contribution in [0.5, 0.6) is 0 Å². The van der Waals surface area contributed by atoms with E-state index in [1.54, 1.807) is 6.08 Å². The molecule has 0 saturated carbocycles. The van der Waals surface area contributed by atoms with Crippen LogP contribution in [-0.2, 0) is 18.4 Å². The molecule has 0 aromatic carbocycles. The number of carbonyl (C=O) groups is 1. The summed E-state index contributed by atoms with van der Waals surface area (Å²) >= 11 is 0. The van der Waals surface area contributed by atoms with Gasteiger partial charge in [0, 0.05) is 6.42 Å². The van der Waals surface area contributed by atoms with E-state index >= 15 is 0 Å². The lowest BCUT2D eigenvalue weighted by atomic mass is 10.0. The quantitative estimate of drug-likeness (QED) is 0.0272. The van der Waals surface area contributed by atoms with Crippen molar-refractivity contribution in [3.63, 3.8) is 0 Å². The number of hydrogen-bond acceptors (Lipinski definition) is 6. The summed E-state index contributed by atoms with van der Waals surface area (Å²) in [6, 6.07) is -0.911. The molecule has 92 heavy (non-hydrogen) atoms. The molecule has 9 heteroatoms. The first-order chi connectivity index (χ1) is 45.0. The molecule has 2 N–H and O–H groups in total. The maximum Gasteiger partial charge on any atom is 0.268 e. The average molecular weight is 1320 g/mol. The molecule has 3 unspecified atom stereocenters. The number of hydrogen-bond donors (Lipinski definition) is 2. The number of allylic oxidation sites excluding steroid dienone is 5. The predicted molar refractivity (Wildman–Crippen MR) is 404 cm³/mol. The zero-order valence-corrected chi connectivity index (χ0v) is 63.7. The molecule has 0 bridgehead atoms. The Morgan fingerprint density at radius 2 is 0.609 bits per heavy atom. The van der Waals surface area contributed by atoms with E-state index in [0.29, 0.717) is 17.4 Å². The highest BCUT2D eigenvalue weighted by molar-refractivity contribution is 7.45. The van der Waals surface area contributed by atoms with Crippen molar-refractivity contribution >= 4 is 13.7 Å². The second-order valence-corrected chi connectivity index (χ2v) is 31.2. The molecular formula is C83H163N2O6P. The highest BCUT2D eigenvalue weighted by Gasteiger charge is 2.23. The summed E-state index contributed by atoms with van der Waals surface area (Å²) in [5.41, 5.74) is 0. The monoisotopic (exact) mass is 1320 g/mol. The second kappa shape index (κ2) is 74.0. The van der Waals surface area contributed by atoms with Crippen molar-refractivity contribution in [3.05, 3.63) is 36.5 Å². The lowest BCUT2D eigenvalue weighted by molar-refractivity contribution is -0.870. The molecule has 8 nitrogen and oxygen atoms in total. The topological polar surface area (TPSA) is 108 Å². The van der Waals surface area contributed by atoms with Gasteiger partial charge < -0.3 is 28.8 Å². The molecule has 546 valence electrons. The Bertz CT molecular complexity index is 1600.